The van der Waals surface area contributed by atoms with Crippen molar-refractivity contribution in [2.45, 2.75) is 26.3 Å². The van der Waals surface area contributed by atoms with E-state index in [0.29, 0.717) is 19.5 Å². The van der Waals surface area contributed by atoms with E-state index in [0.717, 1.165) is 17.7 Å². The van der Waals surface area contributed by atoms with Crippen LogP contribution in [0.15, 0.2) is 29.4 Å². The van der Waals surface area contributed by atoms with E-state index in [1.54, 1.807) is 12.1 Å². The lowest BCUT2D eigenvalue weighted by Gasteiger charge is -2.14. The van der Waals surface area contributed by atoms with Crippen molar-refractivity contribution in [2.75, 3.05) is 6.54 Å². The number of rotatable bonds is 5. The molecule has 0 aliphatic carbocycles. The number of hydrogen-bond acceptors (Lipinski definition) is 3. The van der Waals surface area contributed by atoms with Gasteiger partial charge < -0.3 is 5.73 Å². The van der Waals surface area contributed by atoms with Crippen LogP contribution in [0.5, 0.6) is 0 Å². The molecule has 19 heavy (non-hydrogen) atoms. The second-order valence-corrected chi connectivity index (χ2v) is 4.60. The predicted octanol–water partition coefficient (Wildman–Crippen LogP) is 1.90. The lowest BCUT2D eigenvalue weighted by Crippen LogP contribution is -2.28. The number of carbonyl (C=O) groups excluding carboxylic acids is 1. The molecule has 0 aromatic heterocycles. The van der Waals surface area contributed by atoms with Crippen LogP contribution in [0.2, 0.25) is 0 Å². The van der Waals surface area contributed by atoms with Gasteiger partial charge in [-0.2, -0.15) is 5.10 Å². The standard InChI is InChI=1S/C14H18FN3O/c1-2-13-12(7-8-16)14(19)18(17-13)9-10-3-5-11(15)6-4-10/h3-6,12H,2,7-9,16H2,1H3. The number of carbonyl (C=O) groups is 1. The van der Waals surface area contributed by atoms with E-state index in [2.05, 4.69) is 5.10 Å². The highest BCUT2D eigenvalue weighted by atomic mass is 19.1. The first-order valence-corrected chi connectivity index (χ1v) is 6.49. The molecule has 0 bridgehead atoms. The molecule has 1 aromatic carbocycles. The summed E-state index contributed by atoms with van der Waals surface area (Å²) in [7, 11) is 0. The van der Waals surface area contributed by atoms with Gasteiger partial charge in [0.25, 0.3) is 5.91 Å². The summed E-state index contributed by atoms with van der Waals surface area (Å²) in [6, 6.07) is 6.11. The minimum Gasteiger partial charge on any atom is -0.330 e. The number of benzene rings is 1. The summed E-state index contributed by atoms with van der Waals surface area (Å²) in [6.07, 6.45) is 1.38. The van der Waals surface area contributed by atoms with E-state index >= 15 is 0 Å². The third-order valence-electron chi connectivity index (χ3n) is 3.27. The Bertz CT molecular complexity index is 484. The predicted molar refractivity (Wildman–Crippen MR) is 71.8 cm³/mol. The summed E-state index contributed by atoms with van der Waals surface area (Å²) in [5.74, 6) is -0.475. The Morgan fingerprint density at radius 3 is 2.63 bits per heavy atom. The minimum atomic E-state index is -0.282. The molecule has 0 saturated carbocycles. The molecule has 0 radical (unpaired) electrons. The summed E-state index contributed by atoms with van der Waals surface area (Å²) in [4.78, 5) is 12.2. The van der Waals surface area contributed by atoms with Crippen molar-refractivity contribution in [1.29, 1.82) is 0 Å². The normalized spacial score (nSPS) is 18.9. The summed E-state index contributed by atoms with van der Waals surface area (Å²) in [5.41, 5.74) is 7.28. The SMILES string of the molecule is CCC1=NN(Cc2ccc(F)cc2)C(=O)C1CCN. The van der Waals surface area contributed by atoms with Gasteiger partial charge in [-0.1, -0.05) is 19.1 Å². The van der Waals surface area contributed by atoms with Crippen molar-refractivity contribution >= 4 is 11.6 Å². The fourth-order valence-electron chi connectivity index (χ4n) is 2.25. The Morgan fingerprint density at radius 1 is 1.37 bits per heavy atom. The third-order valence-corrected chi connectivity index (χ3v) is 3.27. The molecule has 1 aliphatic heterocycles. The Labute approximate surface area is 112 Å². The van der Waals surface area contributed by atoms with Crippen LogP contribution in [-0.4, -0.2) is 23.2 Å². The number of nitrogens with zero attached hydrogens (tertiary/aromatic N) is 2. The Balaban J connectivity index is 2.11. The van der Waals surface area contributed by atoms with E-state index < -0.39 is 0 Å². The monoisotopic (exact) mass is 263 g/mol. The average molecular weight is 263 g/mol. The summed E-state index contributed by atoms with van der Waals surface area (Å²) < 4.78 is 12.8. The third kappa shape index (κ3) is 2.98. The summed E-state index contributed by atoms with van der Waals surface area (Å²) in [5, 5.41) is 5.82. The minimum absolute atomic E-state index is 0.00775. The summed E-state index contributed by atoms with van der Waals surface area (Å²) >= 11 is 0. The number of hydrogen-bond donors (Lipinski definition) is 1. The van der Waals surface area contributed by atoms with E-state index in [1.807, 2.05) is 6.92 Å². The van der Waals surface area contributed by atoms with Crippen LogP contribution in [0, 0.1) is 11.7 Å². The molecule has 1 atom stereocenters. The van der Waals surface area contributed by atoms with Gasteiger partial charge in [0.1, 0.15) is 5.82 Å². The molecular formula is C14H18FN3O. The molecule has 1 aliphatic rings. The zero-order valence-corrected chi connectivity index (χ0v) is 11.0. The van der Waals surface area contributed by atoms with Crippen LogP contribution in [0.1, 0.15) is 25.3 Å². The molecule has 102 valence electrons. The van der Waals surface area contributed by atoms with Crippen molar-refractivity contribution in [3.8, 4) is 0 Å². The second kappa shape index (κ2) is 5.93. The molecule has 1 unspecified atom stereocenters. The molecule has 2 rings (SSSR count). The molecule has 2 N–H and O–H groups in total. The first-order chi connectivity index (χ1) is 9.15. The first-order valence-electron chi connectivity index (χ1n) is 6.49. The zero-order valence-electron chi connectivity index (χ0n) is 11.0. The van der Waals surface area contributed by atoms with Gasteiger partial charge in [-0.15, -0.1) is 0 Å². The maximum atomic E-state index is 12.8. The lowest BCUT2D eigenvalue weighted by atomic mass is 9.98. The lowest BCUT2D eigenvalue weighted by molar-refractivity contribution is -0.132. The Hall–Kier alpha value is -1.75. The second-order valence-electron chi connectivity index (χ2n) is 4.60. The van der Waals surface area contributed by atoms with E-state index in [4.69, 9.17) is 5.73 Å². The number of nitrogens with two attached hydrogens (primary N) is 1. The van der Waals surface area contributed by atoms with Gasteiger partial charge in [-0.3, -0.25) is 4.79 Å². The van der Waals surface area contributed by atoms with Crippen LogP contribution in [-0.2, 0) is 11.3 Å². The quantitative estimate of drug-likeness (QED) is 0.882. The smallest absolute Gasteiger partial charge is 0.251 e. The number of hydrazone groups is 1. The molecule has 1 amide bonds. The molecule has 0 spiro atoms. The van der Waals surface area contributed by atoms with Crippen LogP contribution >= 0.6 is 0 Å². The van der Waals surface area contributed by atoms with Gasteiger partial charge in [-0.05, 0) is 37.1 Å². The van der Waals surface area contributed by atoms with E-state index in [9.17, 15) is 9.18 Å². The highest BCUT2D eigenvalue weighted by Crippen LogP contribution is 2.22. The topological polar surface area (TPSA) is 58.7 Å². The fourth-order valence-corrected chi connectivity index (χ4v) is 2.25. The average Bonchev–Trinajstić information content (AvgIpc) is 2.70. The molecule has 0 saturated heterocycles. The van der Waals surface area contributed by atoms with E-state index in [-0.39, 0.29) is 17.6 Å². The van der Waals surface area contributed by atoms with Crippen molar-refractivity contribution in [2.24, 2.45) is 16.8 Å². The van der Waals surface area contributed by atoms with Crippen molar-refractivity contribution < 1.29 is 9.18 Å². The maximum Gasteiger partial charge on any atom is 0.251 e. The van der Waals surface area contributed by atoms with Crippen molar-refractivity contribution in [1.82, 2.24) is 5.01 Å². The fraction of sp³-hybridized carbons (Fsp3) is 0.429. The van der Waals surface area contributed by atoms with Crippen molar-refractivity contribution in [3.63, 3.8) is 0 Å². The van der Waals surface area contributed by atoms with Crippen LogP contribution in [0.4, 0.5) is 4.39 Å². The van der Waals surface area contributed by atoms with Crippen LogP contribution in [0.25, 0.3) is 0 Å². The maximum absolute atomic E-state index is 12.8. The first kappa shape index (κ1) is 13.7. The molecule has 5 heteroatoms. The molecule has 0 fully saturated rings. The highest BCUT2D eigenvalue weighted by molar-refractivity contribution is 6.07. The zero-order chi connectivity index (χ0) is 13.8. The van der Waals surface area contributed by atoms with Gasteiger partial charge in [0.2, 0.25) is 0 Å². The number of halogens is 1. The highest BCUT2D eigenvalue weighted by Gasteiger charge is 2.33. The Kier molecular flexibility index (Phi) is 4.27. The summed E-state index contributed by atoms with van der Waals surface area (Å²) in [6.45, 7) is 2.83. The molecule has 1 aromatic rings. The van der Waals surface area contributed by atoms with Gasteiger partial charge in [0, 0.05) is 0 Å². The van der Waals surface area contributed by atoms with Gasteiger partial charge in [-0.25, -0.2) is 9.40 Å². The largest absolute Gasteiger partial charge is 0.330 e. The van der Waals surface area contributed by atoms with Gasteiger partial charge >= 0.3 is 0 Å². The van der Waals surface area contributed by atoms with Gasteiger partial charge in [0.15, 0.2) is 0 Å². The van der Waals surface area contributed by atoms with Gasteiger partial charge in [0.05, 0.1) is 18.2 Å². The number of amides is 1. The van der Waals surface area contributed by atoms with E-state index in [1.165, 1.54) is 17.1 Å². The molecule has 4 nitrogen and oxygen atoms in total. The van der Waals surface area contributed by atoms with Crippen LogP contribution < -0.4 is 5.73 Å². The molecule has 1 heterocycles. The van der Waals surface area contributed by atoms with Crippen molar-refractivity contribution in [3.05, 3.63) is 35.6 Å². The Morgan fingerprint density at radius 2 is 2.05 bits per heavy atom. The van der Waals surface area contributed by atoms with Crippen LogP contribution in [0.3, 0.4) is 0 Å². The molecular weight excluding hydrogens is 245 g/mol.